The molecule has 0 radical (unpaired) electrons. The van der Waals surface area contributed by atoms with Crippen molar-refractivity contribution in [2.75, 3.05) is 0 Å². The van der Waals surface area contributed by atoms with Gasteiger partial charge in [0.05, 0.1) is 0 Å². The van der Waals surface area contributed by atoms with E-state index in [4.69, 9.17) is 0 Å². The van der Waals surface area contributed by atoms with Crippen LogP contribution in [0.3, 0.4) is 0 Å². The molecule has 0 amide bonds. The van der Waals surface area contributed by atoms with E-state index in [-0.39, 0.29) is 5.41 Å². The minimum Gasteiger partial charge on any atom is -0.102 e. The molecule has 0 aliphatic carbocycles. The molecule has 0 nitrogen and oxygen atoms in total. The van der Waals surface area contributed by atoms with Crippen molar-refractivity contribution < 1.29 is 0 Å². The van der Waals surface area contributed by atoms with Crippen LogP contribution in [-0.4, -0.2) is 0 Å². The van der Waals surface area contributed by atoms with Gasteiger partial charge in [0, 0.05) is 5.92 Å². The average molecular weight is 278 g/mol. The normalized spacial score (nSPS) is 12.9. The molecule has 0 fully saturated rings. The van der Waals surface area contributed by atoms with E-state index in [1.165, 1.54) is 24.0 Å². The van der Waals surface area contributed by atoms with Crippen molar-refractivity contribution in [2.24, 2.45) is 5.41 Å². The molecule has 1 atom stereocenters. The topological polar surface area (TPSA) is 0 Å². The summed E-state index contributed by atoms with van der Waals surface area (Å²) in [5.74, 6) is 0.412. The first-order valence-electron chi connectivity index (χ1n) is 7.85. The maximum atomic E-state index is 4.07. The number of aryl methyl sites for hydroxylation is 1. The highest BCUT2D eigenvalue weighted by atomic mass is 14.3. The second-order valence-corrected chi connectivity index (χ2v) is 6.45. The van der Waals surface area contributed by atoms with Gasteiger partial charge in [-0.3, -0.25) is 0 Å². The van der Waals surface area contributed by atoms with Gasteiger partial charge in [-0.25, -0.2) is 0 Å². The van der Waals surface area contributed by atoms with Crippen LogP contribution in [0.5, 0.6) is 0 Å². The number of hydrogen-bond acceptors (Lipinski definition) is 0. The predicted molar refractivity (Wildman–Crippen MR) is 92.5 cm³/mol. The molecule has 0 heteroatoms. The number of allylic oxidation sites excluding steroid dienone is 1. The van der Waals surface area contributed by atoms with Crippen molar-refractivity contribution in [3.8, 4) is 0 Å². The molecular weight excluding hydrogens is 252 g/mol. The Labute approximate surface area is 129 Å². The number of hydrogen-bond donors (Lipinski definition) is 0. The zero-order valence-electron chi connectivity index (χ0n) is 13.3. The highest BCUT2D eigenvalue weighted by Gasteiger charge is 2.27. The van der Waals surface area contributed by atoms with Crippen LogP contribution < -0.4 is 0 Å². The zero-order chi connectivity index (χ0) is 15.1. The van der Waals surface area contributed by atoms with E-state index in [1.54, 1.807) is 0 Å². The molecule has 0 aromatic heterocycles. The first-order valence-corrected chi connectivity index (χ1v) is 7.85. The van der Waals surface area contributed by atoms with Crippen LogP contribution >= 0.6 is 0 Å². The zero-order valence-corrected chi connectivity index (χ0v) is 13.3. The van der Waals surface area contributed by atoms with E-state index in [0.717, 1.165) is 6.42 Å². The Morgan fingerprint density at radius 3 is 2.10 bits per heavy atom. The van der Waals surface area contributed by atoms with E-state index in [0.29, 0.717) is 5.92 Å². The van der Waals surface area contributed by atoms with Gasteiger partial charge in [0.15, 0.2) is 0 Å². The van der Waals surface area contributed by atoms with Gasteiger partial charge in [0.1, 0.15) is 0 Å². The van der Waals surface area contributed by atoms with Gasteiger partial charge in [-0.1, -0.05) is 80.6 Å². The van der Waals surface area contributed by atoms with E-state index in [2.05, 4.69) is 87.2 Å². The van der Waals surface area contributed by atoms with Gasteiger partial charge in [-0.15, -0.1) is 6.58 Å². The summed E-state index contributed by atoms with van der Waals surface area (Å²) in [7, 11) is 0. The van der Waals surface area contributed by atoms with Crippen LogP contribution in [0.25, 0.3) is 0 Å². The Bertz CT molecular complexity index is 537. The monoisotopic (exact) mass is 278 g/mol. The van der Waals surface area contributed by atoms with Gasteiger partial charge in [-0.05, 0) is 35.8 Å². The molecule has 0 unspecified atom stereocenters. The molecule has 0 saturated heterocycles. The van der Waals surface area contributed by atoms with Crippen molar-refractivity contribution in [1.82, 2.24) is 0 Å². The van der Waals surface area contributed by atoms with E-state index >= 15 is 0 Å². The van der Waals surface area contributed by atoms with Gasteiger partial charge in [0.2, 0.25) is 0 Å². The van der Waals surface area contributed by atoms with E-state index in [9.17, 15) is 0 Å². The largest absolute Gasteiger partial charge is 0.102 e. The molecule has 0 spiro atoms. The lowest BCUT2D eigenvalue weighted by Gasteiger charge is -2.33. The first kappa shape index (κ1) is 15.6. The standard InChI is InChI=1S/C21H26/c1-4-20(19-15-9-6-10-16-19)21(2,3)17-11-14-18-12-7-5-8-13-18/h4-10,12-13,15-16,20H,1,11,14,17H2,2-3H3/t20-/m1/s1. The molecule has 2 aromatic rings. The quantitative estimate of drug-likeness (QED) is 0.544. The van der Waals surface area contributed by atoms with Crippen molar-refractivity contribution in [2.45, 2.75) is 39.0 Å². The Morgan fingerprint density at radius 2 is 1.52 bits per heavy atom. The molecule has 0 heterocycles. The summed E-state index contributed by atoms with van der Waals surface area (Å²) in [6.07, 6.45) is 5.68. The molecule has 2 rings (SSSR count). The van der Waals surface area contributed by atoms with Crippen molar-refractivity contribution in [3.05, 3.63) is 84.4 Å². The molecule has 21 heavy (non-hydrogen) atoms. The molecular formula is C21H26. The van der Waals surface area contributed by atoms with Crippen LogP contribution in [0, 0.1) is 5.41 Å². The third kappa shape index (κ3) is 4.32. The number of rotatable bonds is 7. The molecule has 110 valence electrons. The summed E-state index contributed by atoms with van der Waals surface area (Å²) < 4.78 is 0. The minimum absolute atomic E-state index is 0.234. The Balaban J connectivity index is 1.98. The highest BCUT2D eigenvalue weighted by Crippen LogP contribution is 2.40. The molecule has 0 aliphatic rings. The summed E-state index contributed by atoms with van der Waals surface area (Å²) >= 11 is 0. The average Bonchev–Trinajstić information content (AvgIpc) is 2.49. The van der Waals surface area contributed by atoms with Gasteiger partial charge >= 0.3 is 0 Å². The number of benzene rings is 2. The Morgan fingerprint density at radius 1 is 0.952 bits per heavy atom. The summed E-state index contributed by atoms with van der Waals surface area (Å²) in [6, 6.07) is 21.5. The third-order valence-electron chi connectivity index (χ3n) is 4.37. The highest BCUT2D eigenvalue weighted by molar-refractivity contribution is 5.25. The predicted octanol–water partition coefficient (Wildman–Crippen LogP) is 6.01. The van der Waals surface area contributed by atoms with Crippen LogP contribution in [0.2, 0.25) is 0 Å². The first-order chi connectivity index (χ1) is 10.1. The van der Waals surface area contributed by atoms with Crippen LogP contribution in [0.1, 0.15) is 43.7 Å². The maximum absolute atomic E-state index is 4.07. The summed E-state index contributed by atoms with van der Waals surface area (Å²) in [6.45, 7) is 8.79. The van der Waals surface area contributed by atoms with Gasteiger partial charge < -0.3 is 0 Å². The summed E-state index contributed by atoms with van der Waals surface area (Å²) in [4.78, 5) is 0. The van der Waals surface area contributed by atoms with Crippen LogP contribution in [0.15, 0.2) is 73.3 Å². The molecule has 2 aromatic carbocycles. The maximum Gasteiger partial charge on any atom is 0.00665 e. The lowest BCUT2D eigenvalue weighted by atomic mass is 9.72. The summed E-state index contributed by atoms with van der Waals surface area (Å²) in [5.41, 5.74) is 3.04. The lowest BCUT2D eigenvalue weighted by molar-refractivity contribution is 0.289. The molecule has 0 aliphatic heterocycles. The van der Waals surface area contributed by atoms with Crippen molar-refractivity contribution in [3.63, 3.8) is 0 Å². The minimum atomic E-state index is 0.234. The SMILES string of the molecule is C=C[C@H](c1ccccc1)C(C)(C)CCCc1ccccc1. The fraction of sp³-hybridized carbons (Fsp3) is 0.333. The van der Waals surface area contributed by atoms with E-state index in [1.807, 2.05) is 0 Å². The van der Waals surface area contributed by atoms with Gasteiger partial charge in [0.25, 0.3) is 0 Å². The molecule has 0 saturated carbocycles. The second kappa shape index (κ2) is 7.26. The fourth-order valence-corrected chi connectivity index (χ4v) is 3.11. The fourth-order valence-electron chi connectivity index (χ4n) is 3.11. The molecule has 0 N–H and O–H groups in total. The van der Waals surface area contributed by atoms with Gasteiger partial charge in [-0.2, -0.15) is 0 Å². The lowest BCUT2D eigenvalue weighted by Crippen LogP contribution is -2.21. The second-order valence-electron chi connectivity index (χ2n) is 6.45. The van der Waals surface area contributed by atoms with Crippen LogP contribution in [-0.2, 0) is 6.42 Å². The third-order valence-corrected chi connectivity index (χ3v) is 4.37. The molecule has 0 bridgehead atoms. The van der Waals surface area contributed by atoms with Crippen molar-refractivity contribution >= 4 is 0 Å². The van der Waals surface area contributed by atoms with E-state index < -0.39 is 0 Å². The smallest absolute Gasteiger partial charge is 0.00665 e. The summed E-state index contributed by atoms with van der Waals surface area (Å²) in [5, 5.41) is 0. The Hall–Kier alpha value is -1.82. The van der Waals surface area contributed by atoms with Crippen molar-refractivity contribution in [1.29, 1.82) is 0 Å². The van der Waals surface area contributed by atoms with Crippen LogP contribution in [0.4, 0.5) is 0 Å². The Kier molecular flexibility index (Phi) is 5.38.